The van der Waals surface area contributed by atoms with Crippen molar-refractivity contribution < 1.29 is 14.3 Å². The zero-order valence-electron chi connectivity index (χ0n) is 10.8. The number of benzene rings is 1. The Bertz CT molecular complexity index is 500. The van der Waals surface area contributed by atoms with Gasteiger partial charge < -0.3 is 10.1 Å². The number of anilines is 1. The van der Waals surface area contributed by atoms with Gasteiger partial charge in [0.1, 0.15) is 5.75 Å². The topological polar surface area (TPSA) is 84.7 Å². The largest absolute Gasteiger partial charge is 0.482 e. The third kappa shape index (κ3) is 3.45. The van der Waals surface area contributed by atoms with Gasteiger partial charge in [-0.15, -0.1) is 0 Å². The molecule has 0 saturated heterocycles. The van der Waals surface area contributed by atoms with Gasteiger partial charge in [-0.1, -0.05) is 6.07 Å². The van der Waals surface area contributed by atoms with E-state index in [9.17, 15) is 9.59 Å². The van der Waals surface area contributed by atoms with Gasteiger partial charge in [-0.25, -0.2) is 5.84 Å². The van der Waals surface area contributed by atoms with Gasteiger partial charge in [-0.3, -0.25) is 14.6 Å². The monoisotopic (exact) mass is 263 g/mol. The summed E-state index contributed by atoms with van der Waals surface area (Å²) in [5.74, 6) is 5.79. The molecule has 0 aromatic heterocycles. The second kappa shape index (κ2) is 5.71. The molecule has 0 radical (unpaired) electrons. The molecule has 1 heterocycles. The van der Waals surface area contributed by atoms with Crippen molar-refractivity contribution >= 4 is 17.5 Å². The standard InChI is InChI=1S/C13H17N3O3/c1-16(14)13(18)4-2-3-9-5-6-11-10(7-9)15-12(17)8-19-11/h5-7H,2-4,8,14H2,1H3,(H,15,17). The third-order valence-corrected chi connectivity index (χ3v) is 2.93. The van der Waals surface area contributed by atoms with Crippen molar-refractivity contribution in [3.8, 4) is 5.75 Å². The minimum Gasteiger partial charge on any atom is -0.482 e. The van der Waals surface area contributed by atoms with E-state index >= 15 is 0 Å². The Morgan fingerprint density at radius 1 is 1.53 bits per heavy atom. The van der Waals surface area contributed by atoms with E-state index in [-0.39, 0.29) is 18.4 Å². The molecule has 1 aromatic rings. The predicted molar refractivity (Wildman–Crippen MR) is 70.5 cm³/mol. The van der Waals surface area contributed by atoms with Crippen molar-refractivity contribution in [1.29, 1.82) is 0 Å². The predicted octanol–water partition coefficient (Wildman–Crippen LogP) is 0.672. The second-order valence-corrected chi connectivity index (χ2v) is 4.53. The Balaban J connectivity index is 1.93. The smallest absolute Gasteiger partial charge is 0.262 e. The highest BCUT2D eigenvalue weighted by atomic mass is 16.5. The van der Waals surface area contributed by atoms with Gasteiger partial charge in [-0.2, -0.15) is 0 Å². The summed E-state index contributed by atoms with van der Waals surface area (Å²) in [6.45, 7) is 0.0592. The third-order valence-electron chi connectivity index (χ3n) is 2.93. The minimum atomic E-state index is -0.149. The molecule has 1 aliphatic rings. The molecule has 2 rings (SSSR count). The first-order valence-electron chi connectivity index (χ1n) is 6.13. The number of fused-ring (bicyclic) bond motifs is 1. The number of nitrogens with two attached hydrogens (primary N) is 1. The van der Waals surface area contributed by atoms with Crippen molar-refractivity contribution in [2.75, 3.05) is 19.0 Å². The molecule has 2 amide bonds. The van der Waals surface area contributed by atoms with Crippen LogP contribution in [0.1, 0.15) is 18.4 Å². The molecule has 0 unspecified atom stereocenters. The van der Waals surface area contributed by atoms with E-state index in [4.69, 9.17) is 10.6 Å². The molecular weight excluding hydrogens is 246 g/mol. The van der Waals surface area contributed by atoms with Crippen LogP contribution in [0, 0.1) is 0 Å². The molecule has 102 valence electrons. The van der Waals surface area contributed by atoms with Crippen molar-refractivity contribution in [2.24, 2.45) is 5.84 Å². The number of ether oxygens (including phenoxy) is 1. The molecule has 0 atom stereocenters. The number of carbonyl (C=O) groups is 2. The Kier molecular flexibility index (Phi) is 4.01. The maximum absolute atomic E-state index is 11.3. The van der Waals surface area contributed by atoms with Crippen molar-refractivity contribution in [3.05, 3.63) is 23.8 Å². The first-order chi connectivity index (χ1) is 9.06. The first kappa shape index (κ1) is 13.4. The Labute approximate surface area is 111 Å². The number of hydrogen-bond donors (Lipinski definition) is 2. The Morgan fingerprint density at radius 3 is 3.05 bits per heavy atom. The van der Waals surface area contributed by atoms with E-state index in [2.05, 4.69) is 5.32 Å². The first-order valence-corrected chi connectivity index (χ1v) is 6.13. The van der Waals surface area contributed by atoms with Crippen LogP contribution in [0.25, 0.3) is 0 Å². The number of nitrogens with one attached hydrogen (secondary N) is 1. The lowest BCUT2D eigenvalue weighted by molar-refractivity contribution is -0.130. The lowest BCUT2D eigenvalue weighted by atomic mass is 10.1. The van der Waals surface area contributed by atoms with E-state index in [0.29, 0.717) is 24.3 Å². The average molecular weight is 263 g/mol. The second-order valence-electron chi connectivity index (χ2n) is 4.53. The Morgan fingerprint density at radius 2 is 2.32 bits per heavy atom. The van der Waals surface area contributed by atoms with E-state index < -0.39 is 0 Å². The molecule has 19 heavy (non-hydrogen) atoms. The number of hydrogen-bond acceptors (Lipinski definition) is 4. The summed E-state index contributed by atoms with van der Waals surface area (Å²) in [5, 5.41) is 3.86. The summed E-state index contributed by atoms with van der Waals surface area (Å²) < 4.78 is 5.28. The SMILES string of the molecule is CN(N)C(=O)CCCc1ccc2c(c1)NC(=O)CO2. The van der Waals surface area contributed by atoms with Crippen LogP contribution in [-0.4, -0.2) is 30.5 Å². The number of rotatable bonds is 4. The highest BCUT2D eigenvalue weighted by molar-refractivity contribution is 5.95. The number of nitrogens with zero attached hydrogens (tertiary/aromatic N) is 1. The molecule has 3 N–H and O–H groups in total. The lowest BCUT2D eigenvalue weighted by Crippen LogP contribution is -2.32. The summed E-state index contributed by atoms with van der Waals surface area (Å²) in [6, 6.07) is 5.65. The van der Waals surface area contributed by atoms with Crippen LogP contribution in [0.5, 0.6) is 5.75 Å². The summed E-state index contributed by atoms with van der Waals surface area (Å²) in [6.07, 6.45) is 1.88. The van der Waals surface area contributed by atoms with Gasteiger partial charge in [0.15, 0.2) is 6.61 Å². The number of hydrazine groups is 1. The summed E-state index contributed by atoms with van der Waals surface area (Å²) in [4.78, 5) is 22.5. The zero-order valence-corrected chi connectivity index (χ0v) is 10.8. The molecule has 0 spiro atoms. The van der Waals surface area contributed by atoms with Crippen LogP contribution >= 0.6 is 0 Å². The van der Waals surface area contributed by atoms with E-state index in [1.54, 1.807) is 0 Å². The number of aryl methyl sites for hydroxylation is 1. The van der Waals surface area contributed by atoms with E-state index in [1.807, 2.05) is 18.2 Å². The molecular formula is C13H17N3O3. The maximum atomic E-state index is 11.3. The lowest BCUT2D eigenvalue weighted by Gasteiger charge is -2.18. The summed E-state index contributed by atoms with van der Waals surface area (Å²) in [7, 11) is 1.54. The van der Waals surface area contributed by atoms with E-state index in [0.717, 1.165) is 17.0 Å². The fourth-order valence-corrected chi connectivity index (χ4v) is 1.91. The molecule has 1 aromatic carbocycles. The molecule has 0 saturated carbocycles. The Hall–Kier alpha value is -2.08. The zero-order chi connectivity index (χ0) is 13.8. The molecule has 0 bridgehead atoms. The fourth-order valence-electron chi connectivity index (χ4n) is 1.91. The molecule has 6 nitrogen and oxygen atoms in total. The molecule has 0 aliphatic carbocycles. The van der Waals surface area contributed by atoms with Gasteiger partial charge in [-0.05, 0) is 30.5 Å². The van der Waals surface area contributed by atoms with Gasteiger partial charge in [0.2, 0.25) is 5.91 Å². The van der Waals surface area contributed by atoms with Gasteiger partial charge in [0.25, 0.3) is 5.91 Å². The molecule has 6 heteroatoms. The minimum absolute atomic E-state index is 0.0592. The van der Waals surface area contributed by atoms with Crippen molar-refractivity contribution in [3.63, 3.8) is 0 Å². The number of amides is 2. The van der Waals surface area contributed by atoms with Crippen LogP contribution < -0.4 is 15.9 Å². The number of carbonyl (C=O) groups excluding carboxylic acids is 2. The van der Waals surface area contributed by atoms with Gasteiger partial charge in [0.05, 0.1) is 5.69 Å². The fraction of sp³-hybridized carbons (Fsp3) is 0.385. The van der Waals surface area contributed by atoms with E-state index in [1.165, 1.54) is 7.05 Å². The normalized spacial score (nSPS) is 13.3. The highest BCUT2D eigenvalue weighted by Crippen LogP contribution is 2.28. The molecule has 0 fully saturated rings. The van der Waals surface area contributed by atoms with Crippen molar-refractivity contribution in [2.45, 2.75) is 19.3 Å². The van der Waals surface area contributed by atoms with Crippen LogP contribution in [0.2, 0.25) is 0 Å². The van der Waals surface area contributed by atoms with Gasteiger partial charge >= 0.3 is 0 Å². The average Bonchev–Trinajstić information content (AvgIpc) is 2.38. The quantitative estimate of drug-likeness (QED) is 0.475. The van der Waals surface area contributed by atoms with Crippen LogP contribution in [-0.2, 0) is 16.0 Å². The summed E-state index contributed by atoms with van der Waals surface area (Å²) >= 11 is 0. The van der Waals surface area contributed by atoms with Gasteiger partial charge in [0, 0.05) is 13.5 Å². The van der Waals surface area contributed by atoms with Crippen LogP contribution in [0.3, 0.4) is 0 Å². The summed E-state index contributed by atoms with van der Waals surface area (Å²) in [5.41, 5.74) is 1.74. The maximum Gasteiger partial charge on any atom is 0.262 e. The van der Waals surface area contributed by atoms with Crippen LogP contribution in [0.4, 0.5) is 5.69 Å². The highest BCUT2D eigenvalue weighted by Gasteiger charge is 2.15. The van der Waals surface area contributed by atoms with Crippen LogP contribution in [0.15, 0.2) is 18.2 Å². The molecule has 1 aliphatic heterocycles. The van der Waals surface area contributed by atoms with Crippen molar-refractivity contribution in [1.82, 2.24) is 5.01 Å².